The largest absolute Gasteiger partial charge is 0.383 e. The van der Waals surface area contributed by atoms with Gasteiger partial charge in [-0.2, -0.15) is 0 Å². The first kappa shape index (κ1) is 18.1. The number of aromatic nitrogens is 5. The Balaban J connectivity index is 1.41. The fourth-order valence-electron chi connectivity index (χ4n) is 3.60. The van der Waals surface area contributed by atoms with Crippen LogP contribution in [0.4, 0.5) is 11.6 Å². The first-order valence-electron chi connectivity index (χ1n) is 9.65. The molecule has 4 aromatic heterocycles. The Hall–Kier alpha value is -3.94. The molecule has 0 bridgehead atoms. The highest BCUT2D eigenvalue weighted by Gasteiger charge is 2.46. The van der Waals surface area contributed by atoms with E-state index in [4.69, 9.17) is 5.73 Å². The van der Waals surface area contributed by atoms with Crippen molar-refractivity contribution in [3.8, 4) is 11.3 Å². The minimum atomic E-state index is -0.138. The Morgan fingerprint density at radius 1 is 1.13 bits per heavy atom. The van der Waals surface area contributed by atoms with Gasteiger partial charge in [0.05, 0.1) is 5.69 Å². The highest BCUT2D eigenvalue weighted by atomic mass is 16.2. The molecular weight excluding hydrogens is 378 g/mol. The van der Waals surface area contributed by atoms with Crippen molar-refractivity contribution in [1.29, 1.82) is 0 Å². The van der Waals surface area contributed by atoms with E-state index in [0.29, 0.717) is 17.5 Å². The number of fused-ring (bicyclic) bond motifs is 1. The molecule has 0 unspecified atom stereocenters. The van der Waals surface area contributed by atoms with Crippen LogP contribution in [0.15, 0.2) is 55.2 Å². The number of carbonyl (C=O) groups excluding carboxylic acids is 1. The summed E-state index contributed by atoms with van der Waals surface area (Å²) in [7, 11) is 0. The molecule has 2 atom stereocenters. The number of nitrogen functional groups attached to an aromatic ring is 1. The number of nitrogens with zero attached hydrogens (tertiary/aromatic N) is 5. The second-order valence-electron chi connectivity index (χ2n) is 7.42. The van der Waals surface area contributed by atoms with Gasteiger partial charge in [0.15, 0.2) is 0 Å². The molecular formula is C22H19N7O. The van der Waals surface area contributed by atoms with Crippen molar-refractivity contribution in [2.75, 3.05) is 11.1 Å². The Kier molecular flexibility index (Phi) is 4.31. The lowest BCUT2D eigenvalue weighted by molar-refractivity contribution is -0.117. The quantitative estimate of drug-likeness (QED) is 0.543. The van der Waals surface area contributed by atoms with Gasteiger partial charge in [-0.3, -0.25) is 9.78 Å². The van der Waals surface area contributed by atoms with Gasteiger partial charge in [0.2, 0.25) is 5.91 Å². The summed E-state index contributed by atoms with van der Waals surface area (Å²) in [6.07, 6.45) is 9.28. The van der Waals surface area contributed by atoms with Crippen molar-refractivity contribution in [2.45, 2.75) is 19.3 Å². The molecule has 3 N–H and O–H groups in total. The van der Waals surface area contributed by atoms with Gasteiger partial charge in [0.25, 0.3) is 0 Å². The SMILES string of the molecule is Cc1ccncc1-c1cc2cc(NC(=O)[C@@H]3C[C@H]3c3ncccn3)ncc2c(N)n1. The Bertz CT molecular complexity index is 1260. The number of nitrogens with two attached hydrogens (primary N) is 1. The number of anilines is 2. The second-order valence-corrected chi connectivity index (χ2v) is 7.42. The third-order valence-electron chi connectivity index (χ3n) is 5.36. The number of hydrogen-bond acceptors (Lipinski definition) is 7. The lowest BCUT2D eigenvalue weighted by atomic mass is 10.1. The summed E-state index contributed by atoms with van der Waals surface area (Å²) >= 11 is 0. The van der Waals surface area contributed by atoms with Crippen LogP contribution >= 0.6 is 0 Å². The van der Waals surface area contributed by atoms with E-state index in [9.17, 15) is 4.79 Å². The molecule has 0 aliphatic heterocycles. The minimum absolute atomic E-state index is 0.0617. The predicted octanol–water partition coefficient (Wildman–Crippen LogP) is 3.11. The van der Waals surface area contributed by atoms with Gasteiger partial charge in [-0.25, -0.2) is 19.9 Å². The summed E-state index contributed by atoms with van der Waals surface area (Å²) < 4.78 is 0. The molecule has 8 heteroatoms. The summed E-state index contributed by atoms with van der Waals surface area (Å²) in [6, 6.07) is 7.45. The van der Waals surface area contributed by atoms with E-state index in [-0.39, 0.29) is 17.7 Å². The van der Waals surface area contributed by atoms with E-state index >= 15 is 0 Å². The smallest absolute Gasteiger partial charge is 0.229 e. The second kappa shape index (κ2) is 7.14. The van der Waals surface area contributed by atoms with Gasteiger partial charge in [-0.1, -0.05) is 0 Å². The van der Waals surface area contributed by atoms with E-state index in [0.717, 1.165) is 34.0 Å². The van der Waals surface area contributed by atoms with Crippen molar-refractivity contribution < 1.29 is 4.79 Å². The lowest BCUT2D eigenvalue weighted by Crippen LogP contribution is -2.15. The van der Waals surface area contributed by atoms with Crippen molar-refractivity contribution in [2.24, 2.45) is 5.92 Å². The molecule has 1 saturated carbocycles. The van der Waals surface area contributed by atoms with Crippen LogP contribution in [0, 0.1) is 12.8 Å². The van der Waals surface area contributed by atoms with Crippen LogP contribution in [0.1, 0.15) is 23.7 Å². The molecule has 1 amide bonds. The summed E-state index contributed by atoms with van der Waals surface area (Å²) in [6.45, 7) is 2.00. The van der Waals surface area contributed by atoms with E-state index in [1.807, 2.05) is 25.1 Å². The molecule has 30 heavy (non-hydrogen) atoms. The van der Waals surface area contributed by atoms with Gasteiger partial charge < -0.3 is 11.1 Å². The maximum absolute atomic E-state index is 12.6. The molecule has 1 aliphatic rings. The number of carbonyl (C=O) groups is 1. The molecule has 4 aromatic rings. The first-order chi connectivity index (χ1) is 14.6. The standard InChI is InChI=1S/C22H19N7O/c1-12-3-6-24-10-16(12)18-7-13-8-19(27-11-17(13)20(23)28-18)29-22(30)15-9-14(15)21-25-4-2-5-26-21/h2-8,10-11,14-15H,9H2,1H3,(H2,23,28)(H,27,29,30)/t14-,15-/m1/s1. The topological polar surface area (TPSA) is 120 Å². The fourth-order valence-corrected chi connectivity index (χ4v) is 3.60. The number of nitrogens with one attached hydrogen (secondary N) is 1. The summed E-state index contributed by atoms with van der Waals surface area (Å²) in [5, 5.41) is 4.49. The molecule has 0 radical (unpaired) electrons. The maximum atomic E-state index is 12.6. The molecule has 148 valence electrons. The van der Waals surface area contributed by atoms with Crippen molar-refractivity contribution in [3.63, 3.8) is 0 Å². The Labute approximate surface area is 172 Å². The normalized spacial score (nSPS) is 17.6. The average Bonchev–Trinajstić information content (AvgIpc) is 3.56. The first-order valence-corrected chi connectivity index (χ1v) is 9.65. The van der Waals surface area contributed by atoms with Gasteiger partial charge in [-0.05, 0) is 48.6 Å². The molecule has 1 aliphatic carbocycles. The highest BCUT2D eigenvalue weighted by molar-refractivity contribution is 5.98. The van der Waals surface area contributed by atoms with Crippen LogP contribution < -0.4 is 11.1 Å². The molecule has 1 fully saturated rings. The molecule has 0 saturated heterocycles. The molecule has 4 heterocycles. The number of pyridine rings is 3. The van der Waals surface area contributed by atoms with Crippen LogP contribution in [0.25, 0.3) is 22.0 Å². The molecule has 0 aromatic carbocycles. The summed E-state index contributed by atoms with van der Waals surface area (Å²) in [4.78, 5) is 34.2. The molecule has 0 spiro atoms. The summed E-state index contributed by atoms with van der Waals surface area (Å²) in [5.41, 5.74) is 8.87. The Morgan fingerprint density at radius 3 is 2.77 bits per heavy atom. The predicted molar refractivity (Wildman–Crippen MR) is 113 cm³/mol. The fraction of sp³-hybridized carbons (Fsp3) is 0.182. The summed E-state index contributed by atoms with van der Waals surface area (Å²) in [5.74, 6) is 1.42. The number of amides is 1. The zero-order valence-electron chi connectivity index (χ0n) is 16.3. The van der Waals surface area contributed by atoms with Crippen LogP contribution in [-0.2, 0) is 4.79 Å². The van der Waals surface area contributed by atoms with Crippen molar-refractivity contribution in [1.82, 2.24) is 24.9 Å². The number of rotatable bonds is 4. The van der Waals surface area contributed by atoms with Crippen LogP contribution in [0.2, 0.25) is 0 Å². The number of aryl methyl sites for hydroxylation is 1. The maximum Gasteiger partial charge on any atom is 0.229 e. The number of hydrogen-bond donors (Lipinski definition) is 2. The van der Waals surface area contributed by atoms with Crippen molar-refractivity contribution in [3.05, 3.63) is 66.6 Å². The van der Waals surface area contributed by atoms with Gasteiger partial charge in [-0.15, -0.1) is 0 Å². The lowest BCUT2D eigenvalue weighted by Gasteiger charge is -2.10. The van der Waals surface area contributed by atoms with E-state index in [1.165, 1.54) is 0 Å². The highest BCUT2D eigenvalue weighted by Crippen LogP contribution is 2.46. The monoisotopic (exact) mass is 397 g/mol. The third-order valence-corrected chi connectivity index (χ3v) is 5.36. The zero-order valence-corrected chi connectivity index (χ0v) is 16.3. The van der Waals surface area contributed by atoms with Gasteiger partial charge >= 0.3 is 0 Å². The average molecular weight is 397 g/mol. The minimum Gasteiger partial charge on any atom is -0.383 e. The van der Waals surface area contributed by atoms with Crippen molar-refractivity contribution >= 4 is 28.3 Å². The molecule has 8 nitrogen and oxygen atoms in total. The van der Waals surface area contributed by atoms with Gasteiger partial charge in [0.1, 0.15) is 17.5 Å². The van der Waals surface area contributed by atoms with E-state index < -0.39 is 0 Å². The van der Waals surface area contributed by atoms with Gasteiger partial charge in [0, 0.05) is 53.8 Å². The van der Waals surface area contributed by atoms with Crippen LogP contribution in [-0.4, -0.2) is 30.8 Å². The zero-order chi connectivity index (χ0) is 20.7. The molecule has 5 rings (SSSR count). The van der Waals surface area contributed by atoms with Crippen LogP contribution in [0.5, 0.6) is 0 Å². The van der Waals surface area contributed by atoms with E-state index in [1.54, 1.807) is 37.1 Å². The third kappa shape index (κ3) is 3.32. The van der Waals surface area contributed by atoms with E-state index in [2.05, 4.69) is 30.2 Å². The van der Waals surface area contributed by atoms with Crippen LogP contribution in [0.3, 0.4) is 0 Å². The Morgan fingerprint density at radius 2 is 1.97 bits per heavy atom.